The fraction of sp³-hybridized carbons (Fsp3) is 0.688. The van der Waals surface area contributed by atoms with Gasteiger partial charge in [0.05, 0.1) is 0 Å². The normalized spacial score (nSPS) is 12.2. The second-order valence-electron chi connectivity index (χ2n) is 10.2. The quantitative estimate of drug-likeness (QED) is 0.0729. The molecule has 0 radical (unpaired) electrons. The van der Waals surface area contributed by atoms with Gasteiger partial charge in [0.25, 0.3) is 0 Å². The maximum absolute atomic E-state index is 5.98. The summed E-state index contributed by atoms with van der Waals surface area (Å²) in [5.74, 6) is 0. The van der Waals surface area contributed by atoms with Gasteiger partial charge in [-0.05, 0) is 78.4 Å². The summed E-state index contributed by atoms with van der Waals surface area (Å²) < 4.78 is 40.4. The first-order valence-electron chi connectivity index (χ1n) is 16.3. The van der Waals surface area contributed by atoms with Crippen molar-refractivity contribution >= 4 is 17.6 Å². The van der Waals surface area contributed by atoms with Gasteiger partial charge in [-0.2, -0.15) is 0 Å². The first-order chi connectivity index (χ1) is 20.5. The molecule has 2 aromatic heterocycles. The van der Waals surface area contributed by atoms with Crippen molar-refractivity contribution in [1.29, 1.82) is 0 Å². The molecular formula is C32H58N2O6Si2+2. The van der Waals surface area contributed by atoms with Crippen molar-refractivity contribution in [2.24, 2.45) is 0 Å². The molecule has 0 amide bonds. The molecule has 42 heavy (non-hydrogen) atoms. The van der Waals surface area contributed by atoms with Gasteiger partial charge in [0.15, 0.2) is 24.8 Å². The molecule has 0 aromatic carbocycles. The molecule has 8 nitrogen and oxygen atoms in total. The van der Waals surface area contributed by atoms with Crippen LogP contribution in [-0.2, 0) is 39.6 Å². The number of hydrogen-bond acceptors (Lipinski definition) is 6. The van der Waals surface area contributed by atoms with Crippen molar-refractivity contribution in [2.75, 3.05) is 39.6 Å². The molecule has 0 unspecified atom stereocenters. The van der Waals surface area contributed by atoms with E-state index >= 15 is 0 Å². The Kier molecular flexibility index (Phi) is 18.5. The third kappa shape index (κ3) is 13.0. The van der Waals surface area contributed by atoms with Crippen molar-refractivity contribution < 1.29 is 35.7 Å². The number of rotatable bonds is 25. The molecule has 2 rings (SSSR count). The zero-order valence-corrected chi connectivity index (χ0v) is 29.3. The summed E-state index contributed by atoms with van der Waals surface area (Å²) >= 11 is 0. The largest absolute Gasteiger partial charge is 0.500 e. The lowest BCUT2D eigenvalue weighted by atomic mass is 10.1. The molecule has 0 fully saturated rings. The van der Waals surface area contributed by atoms with Gasteiger partial charge in [0, 0.05) is 88.8 Å². The van der Waals surface area contributed by atoms with Crippen molar-refractivity contribution in [3.05, 3.63) is 49.1 Å². The van der Waals surface area contributed by atoms with E-state index in [4.69, 9.17) is 26.6 Å². The molecule has 0 aliphatic carbocycles. The van der Waals surface area contributed by atoms with E-state index in [1.165, 1.54) is 11.1 Å². The fourth-order valence-corrected chi connectivity index (χ4v) is 10.6. The van der Waals surface area contributed by atoms with Gasteiger partial charge in [-0.1, -0.05) is 0 Å². The highest BCUT2D eigenvalue weighted by molar-refractivity contribution is 6.61. The molecular weight excluding hydrogens is 565 g/mol. The highest BCUT2D eigenvalue weighted by Gasteiger charge is 2.40. The fourth-order valence-electron chi connectivity index (χ4n) is 5.23. The van der Waals surface area contributed by atoms with Crippen LogP contribution < -0.4 is 9.13 Å². The number of nitrogens with zero attached hydrogens (tertiary/aromatic N) is 2. The summed E-state index contributed by atoms with van der Waals surface area (Å²) in [5.41, 5.74) is 2.48. The maximum atomic E-state index is 5.98. The number of unbranched alkanes of at least 4 members (excludes halogenated alkanes) is 4. The van der Waals surface area contributed by atoms with Crippen molar-refractivity contribution in [3.63, 3.8) is 0 Å². The number of hydrogen-bond donors (Lipinski definition) is 0. The Morgan fingerprint density at radius 1 is 0.429 bits per heavy atom. The topological polar surface area (TPSA) is 63.1 Å². The predicted molar refractivity (Wildman–Crippen MR) is 171 cm³/mol. The Morgan fingerprint density at radius 3 is 0.976 bits per heavy atom. The van der Waals surface area contributed by atoms with Crippen LogP contribution in [0.2, 0.25) is 12.1 Å². The minimum Gasteiger partial charge on any atom is -0.374 e. The molecule has 0 bridgehead atoms. The third-order valence-corrected chi connectivity index (χ3v) is 13.4. The van der Waals surface area contributed by atoms with E-state index in [1.807, 2.05) is 41.5 Å². The average Bonchev–Trinajstić information content (AvgIpc) is 2.98. The Hall–Kier alpha value is -1.51. The van der Waals surface area contributed by atoms with Crippen molar-refractivity contribution in [1.82, 2.24) is 0 Å². The molecule has 238 valence electrons. The van der Waals surface area contributed by atoms with Crippen LogP contribution in [-0.4, -0.2) is 57.3 Å². The van der Waals surface area contributed by atoms with Crippen LogP contribution in [0.25, 0.3) is 11.1 Å². The molecule has 10 heteroatoms. The van der Waals surface area contributed by atoms with Crippen LogP contribution in [0.5, 0.6) is 0 Å². The second kappa shape index (κ2) is 21.2. The lowest BCUT2D eigenvalue weighted by molar-refractivity contribution is -0.697. The summed E-state index contributed by atoms with van der Waals surface area (Å²) in [6, 6.07) is 10.6. The summed E-state index contributed by atoms with van der Waals surface area (Å²) in [5, 5.41) is 0. The third-order valence-electron chi connectivity index (χ3n) is 7.10. The Labute approximate surface area is 258 Å². The van der Waals surface area contributed by atoms with E-state index in [-0.39, 0.29) is 0 Å². The van der Waals surface area contributed by atoms with E-state index in [2.05, 4.69) is 58.2 Å². The van der Waals surface area contributed by atoms with E-state index in [0.29, 0.717) is 39.6 Å². The van der Waals surface area contributed by atoms with Gasteiger partial charge >= 0.3 is 17.6 Å². The number of aryl methyl sites for hydroxylation is 2. The van der Waals surface area contributed by atoms with Gasteiger partial charge in [-0.25, -0.2) is 9.13 Å². The second-order valence-corrected chi connectivity index (χ2v) is 15.7. The number of aromatic nitrogens is 2. The zero-order valence-electron chi connectivity index (χ0n) is 27.3. The van der Waals surface area contributed by atoms with E-state index in [9.17, 15) is 0 Å². The predicted octanol–water partition coefficient (Wildman–Crippen LogP) is 6.37. The molecule has 2 heterocycles. The Bertz CT molecular complexity index is 837. The van der Waals surface area contributed by atoms with E-state index < -0.39 is 17.6 Å². The summed E-state index contributed by atoms with van der Waals surface area (Å²) in [7, 11) is -5.04. The van der Waals surface area contributed by atoms with Crippen LogP contribution in [0, 0.1) is 0 Å². The van der Waals surface area contributed by atoms with Crippen LogP contribution in [0.3, 0.4) is 0 Å². The first kappa shape index (κ1) is 36.7. The smallest absolute Gasteiger partial charge is 0.374 e. The van der Waals surface area contributed by atoms with Crippen LogP contribution in [0.1, 0.15) is 80.1 Å². The molecule has 0 atom stereocenters. The maximum Gasteiger partial charge on any atom is 0.500 e. The van der Waals surface area contributed by atoms with Gasteiger partial charge in [-0.3, -0.25) is 0 Å². The number of pyridine rings is 2. The molecule has 0 saturated heterocycles. The van der Waals surface area contributed by atoms with Crippen molar-refractivity contribution in [2.45, 2.75) is 105 Å². The minimum absolute atomic E-state index is 0.637. The van der Waals surface area contributed by atoms with E-state index in [0.717, 1.165) is 63.7 Å². The molecule has 0 N–H and O–H groups in total. The van der Waals surface area contributed by atoms with Gasteiger partial charge < -0.3 is 26.6 Å². The van der Waals surface area contributed by atoms with Crippen molar-refractivity contribution in [3.8, 4) is 11.1 Å². The lowest BCUT2D eigenvalue weighted by Gasteiger charge is -2.28. The average molecular weight is 623 g/mol. The van der Waals surface area contributed by atoms with Crippen LogP contribution >= 0.6 is 0 Å². The molecule has 0 spiro atoms. The Morgan fingerprint density at radius 2 is 0.714 bits per heavy atom. The SMILES string of the molecule is CCO[Si](CCCCC[n+]1ccc(-c2cc[n+](CCCCC[Si](OCC)(OCC)OCC)cc2)cc1)(OCC)OCC. The monoisotopic (exact) mass is 622 g/mol. The van der Waals surface area contributed by atoms with Gasteiger partial charge in [-0.15, -0.1) is 0 Å². The zero-order chi connectivity index (χ0) is 30.5. The molecule has 0 saturated carbocycles. The Balaban J connectivity index is 1.75. The highest BCUT2D eigenvalue weighted by Crippen LogP contribution is 2.21. The summed E-state index contributed by atoms with van der Waals surface area (Å²) in [4.78, 5) is 0. The van der Waals surface area contributed by atoms with Gasteiger partial charge in [0.1, 0.15) is 13.1 Å². The van der Waals surface area contributed by atoms with Gasteiger partial charge in [0.2, 0.25) is 0 Å². The van der Waals surface area contributed by atoms with E-state index in [1.54, 1.807) is 0 Å². The first-order valence-corrected chi connectivity index (χ1v) is 20.2. The minimum atomic E-state index is -2.52. The molecule has 2 aromatic rings. The molecule has 0 aliphatic heterocycles. The van der Waals surface area contributed by atoms with Crippen LogP contribution in [0.15, 0.2) is 49.1 Å². The lowest BCUT2D eigenvalue weighted by Crippen LogP contribution is -2.45. The summed E-state index contributed by atoms with van der Waals surface area (Å²) in [6.45, 7) is 17.9. The standard InChI is InChI=1S/C32H58N2O6Si2/c1-7-35-41(36-8-2,37-9-3)29-17-13-15-23-33-25-19-31(20-26-33)32-21-27-34(28-22-32)24-16-14-18-30-42(38-10-4,39-11-5)40-12-6/h19-22,25-28H,7-18,23-24,29-30H2,1-6H3/q+2. The molecule has 0 aliphatic rings. The van der Waals surface area contributed by atoms with Crippen LogP contribution in [0.4, 0.5) is 0 Å². The highest BCUT2D eigenvalue weighted by atomic mass is 28.4. The summed E-state index contributed by atoms with van der Waals surface area (Å²) in [6.07, 6.45) is 15.4.